The second-order valence-electron chi connectivity index (χ2n) is 4.37. The topological polar surface area (TPSA) is 62.1 Å². The lowest BCUT2D eigenvalue weighted by molar-refractivity contribution is 0.342. The van der Waals surface area contributed by atoms with Crippen LogP contribution in [-0.4, -0.2) is 39.7 Å². The zero-order valence-corrected chi connectivity index (χ0v) is 12.6. The number of hydrogen-bond acceptors (Lipinski definition) is 6. The minimum atomic E-state index is 0.259. The zero-order valence-electron chi connectivity index (χ0n) is 11.8. The van der Waals surface area contributed by atoms with Gasteiger partial charge in [0.15, 0.2) is 0 Å². The standard InChI is InChI=1S/C13H18N4O2S/c1-10(2)17-13(14-15-16-17)20-9-8-19-12-6-4-11(18-3)5-7-12/h4-7,10H,8-9H2,1-3H3. The van der Waals surface area contributed by atoms with Crippen molar-refractivity contribution in [3.05, 3.63) is 24.3 Å². The highest BCUT2D eigenvalue weighted by atomic mass is 32.2. The van der Waals surface area contributed by atoms with Crippen LogP contribution >= 0.6 is 11.8 Å². The van der Waals surface area contributed by atoms with Gasteiger partial charge >= 0.3 is 0 Å². The van der Waals surface area contributed by atoms with Gasteiger partial charge < -0.3 is 9.47 Å². The Kier molecular flexibility index (Phi) is 5.23. The van der Waals surface area contributed by atoms with Gasteiger partial charge in [-0.15, -0.1) is 5.10 Å². The average molecular weight is 294 g/mol. The molecule has 0 spiro atoms. The fourth-order valence-electron chi connectivity index (χ4n) is 1.57. The quantitative estimate of drug-likeness (QED) is 0.577. The van der Waals surface area contributed by atoms with Crippen molar-refractivity contribution in [2.45, 2.75) is 25.0 Å². The van der Waals surface area contributed by atoms with E-state index in [0.717, 1.165) is 22.4 Å². The summed E-state index contributed by atoms with van der Waals surface area (Å²) in [5, 5.41) is 12.5. The van der Waals surface area contributed by atoms with Gasteiger partial charge in [0, 0.05) is 5.75 Å². The molecule has 1 aromatic carbocycles. The van der Waals surface area contributed by atoms with E-state index in [9.17, 15) is 0 Å². The first-order valence-electron chi connectivity index (χ1n) is 6.38. The van der Waals surface area contributed by atoms with Crippen molar-refractivity contribution in [3.63, 3.8) is 0 Å². The molecule has 0 unspecified atom stereocenters. The first-order valence-corrected chi connectivity index (χ1v) is 7.37. The number of tetrazole rings is 1. The van der Waals surface area contributed by atoms with E-state index in [2.05, 4.69) is 15.5 Å². The van der Waals surface area contributed by atoms with E-state index in [0.29, 0.717) is 6.61 Å². The number of methoxy groups -OCH3 is 1. The van der Waals surface area contributed by atoms with E-state index in [1.807, 2.05) is 38.1 Å². The molecule has 0 aliphatic carbocycles. The lowest BCUT2D eigenvalue weighted by Crippen LogP contribution is -2.06. The van der Waals surface area contributed by atoms with Crippen LogP contribution in [0, 0.1) is 0 Å². The molecule has 20 heavy (non-hydrogen) atoms. The second-order valence-corrected chi connectivity index (χ2v) is 5.43. The van der Waals surface area contributed by atoms with Crippen LogP contribution in [-0.2, 0) is 0 Å². The van der Waals surface area contributed by atoms with Crippen molar-refractivity contribution < 1.29 is 9.47 Å². The molecule has 1 aromatic heterocycles. The SMILES string of the molecule is COc1ccc(OCCSc2nnnn2C(C)C)cc1. The highest BCUT2D eigenvalue weighted by Crippen LogP contribution is 2.19. The Morgan fingerprint density at radius 3 is 2.55 bits per heavy atom. The van der Waals surface area contributed by atoms with Crippen molar-refractivity contribution in [1.29, 1.82) is 0 Å². The van der Waals surface area contributed by atoms with Gasteiger partial charge in [-0.2, -0.15) is 0 Å². The van der Waals surface area contributed by atoms with Gasteiger partial charge in [0.25, 0.3) is 0 Å². The molecular formula is C13H18N4O2S. The molecule has 0 fully saturated rings. The fraction of sp³-hybridized carbons (Fsp3) is 0.462. The Bertz CT molecular complexity index is 527. The van der Waals surface area contributed by atoms with E-state index in [-0.39, 0.29) is 6.04 Å². The molecule has 108 valence electrons. The molecule has 6 nitrogen and oxygen atoms in total. The van der Waals surface area contributed by atoms with Crippen molar-refractivity contribution in [2.75, 3.05) is 19.5 Å². The summed E-state index contributed by atoms with van der Waals surface area (Å²) in [7, 11) is 1.64. The van der Waals surface area contributed by atoms with Gasteiger partial charge in [-0.25, -0.2) is 4.68 Å². The summed E-state index contributed by atoms with van der Waals surface area (Å²) in [6.07, 6.45) is 0. The van der Waals surface area contributed by atoms with Gasteiger partial charge in [0.05, 0.1) is 19.8 Å². The number of rotatable bonds is 7. The van der Waals surface area contributed by atoms with Crippen molar-refractivity contribution in [1.82, 2.24) is 20.2 Å². The molecule has 0 aliphatic rings. The molecule has 2 rings (SSSR count). The van der Waals surface area contributed by atoms with Crippen LogP contribution in [0.3, 0.4) is 0 Å². The Morgan fingerprint density at radius 1 is 1.20 bits per heavy atom. The molecule has 2 aromatic rings. The highest BCUT2D eigenvalue weighted by Gasteiger charge is 2.09. The lowest BCUT2D eigenvalue weighted by atomic mass is 10.3. The van der Waals surface area contributed by atoms with E-state index >= 15 is 0 Å². The Labute approximate surface area is 122 Å². The van der Waals surface area contributed by atoms with Crippen molar-refractivity contribution in [2.24, 2.45) is 0 Å². The maximum absolute atomic E-state index is 5.65. The molecule has 0 saturated heterocycles. The van der Waals surface area contributed by atoms with E-state index in [4.69, 9.17) is 9.47 Å². The summed E-state index contributed by atoms with van der Waals surface area (Å²) in [4.78, 5) is 0. The third-order valence-corrected chi connectivity index (χ3v) is 3.49. The third kappa shape index (κ3) is 3.86. The molecule has 0 N–H and O–H groups in total. The number of nitrogens with zero attached hydrogens (tertiary/aromatic N) is 4. The Hall–Kier alpha value is -1.76. The Morgan fingerprint density at radius 2 is 1.90 bits per heavy atom. The van der Waals surface area contributed by atoms with Crippen molar-refractivity contribution >= 4 is 11.8 Å². The number of hydrogen-bond donors (Lipinski definition) is 0. The molecule has 0 saturated carbocycles. The number of thioether (sulfide) groups is 1. The summed E-state index contributed by atoms with van der Waals surface area (Å²) in [6, 6.07) is 7.79. The monoisotopic (exact) mass is 294 g/mol. The number of aromatic nitrogens is 4. The molecule has 0 aliphatic heterocycles. The van der Waals surface area contributed by atoms with Gasteiger partial charge in [-0.3, -0.25) is 0 Å². The number of ether oxygens (including phenoxy) is 2. The summed E-state index contributed by atoms with van der Waals surface area (Å²) < 4.78 is 12.5. The van der Waals surface area contributed by atoms with Crippen LogP contribution in [0.5, 0.6) is 11.5 Å². The van der Waals surface area contributed by atoms with Crippen LogP contribution < -0.4 is 9.47 Å². The Balaban J connectivity index is 1.77. The molecule has 0 atom stereocenters. The van der Waals surface area contributed by atoms with Crippen LogP contribution in [0.4, 0.5) is 0 Å². The molecule has 7 heteroatoms. The van der Waals surface area contributed by atoms with Crippen LogP contribution in [0.1, 0.15) is 19.9 Å². The largest absolute Gasteiger partial charge is 0.497 e. The molecule has 0 bridgehead atoms. The summed E-state index contributed by atoms with van der Waals surface area (Å²) >= 11 is 1.59. The first-order chi connectivity index (χ1) is 9.70. The average Bonchev–Trinajstić information content (AvgIpc) is 2.93. The highest BCUT2D eigenvalue weighted by molar-refractivity contribution is 7.99. The molecule has 0 radical (unpaired) electrons. The predicted octanol–water partition coefficient (Wildman–Crippen LogP) is 2.43. The zero-order chi connectivity index (χ0) is 14.4. The normalized spacial score (nSPS) is 10.8. The predicted molar refractivity (Wildman–Crippen MR) is 77.4 cm³/mol. The van der Waals surface area contributed by atoms with Crippen molar-refractivity contribution in [3.8, 4) is 11.5 Å². The third-order valence-electron chi connectivity index (χ3n) is 2.59. The minimum absolute atomic E-state index is 0.259. The summed E-state index contributed by atoms with van der Waals surface area (Å²) in [5.41, 5.74) is 0. The summed E-state index contributed by atoms with van der Waals surface area (Å²) in [6.45, 7) is 4.70. The number of benzene rings is 1. The van der Waals surface area contributed by atoms with Gasteiger partial charge in [-0.05, 0) is 48.5 Å². The fourth-order valence-corrected chi connectivity index (χ4v) is 2.39. The van der Waals surface area contributed by atoms with E-state index in [1.165, 1.54) is 0 Å². The molecular weight excluding hydrogens is 276 g/mol. The van der Waals surface area contributed by atoms with Crippen LogP contribution in [0.15, 0.2) is 29.4 Å². The van der Waals surface area contributed by atoms with Crippen LogP contribution in [0.2, 0.25) is 0 Å². The maximum atomic E-state index is 5.65. The van der Waals surface area contributed by atoms with E-state index < -0.39 is 0 Å². The van der Waals surface area contributed by atoms with Gasteiger partial charge in [-0.1, -0.05) is 11.8 Å². The van der Waals surface area contributed by atoms with E-state index in [1.54, 1.807) is 23.6 Å². The maximum Gasteiger partial charge on any atom is 0.209 e. The smallest absolute Gasteiger partial charge is 0.209 e. The van der Waals surface area contributed by atoms with Gasteiger partial charge in [0.2, 0.25) is 5.16 Å². The van der Waals surface area contributed by atoms with Crippen LogP contribution in [0.25, 0.3) is 0 Å². The second kappa shape index (κ2) is 7.14. The molecule has 1 heterocycles. The summed E-state index contributed by atoms with van der Waals surface area (Å²) in [5.74, 6) is 2.44. The van der Waals surface area contributed by atoms with Gasteiger partial charge in [0.1, 0.15) is 11.5 Å². The first kappa shape index (κ1) is 14.6. The lowest BCUT2D eigenvalue weighted by Gasteiger charge is -2.08. The molecule has 0 amide bonds. The minimum Gasteiger partial charge on any atom is -0.497 e.